The van der Waals surface area contributed by atoms with E-state index in [1.807, 2.05) is 68.4 Å². The molecule has 0 saturated heterocycles. The lowest BCUT2D eigenvalue weighted by molar-refractivity contribution is -0.137. The van der Waals surface area contributed by atoms with Gasteiger partial charge in [-0.1, -0.05) is 120 Å². The maximum absolute atomic E-state index is 14.8. The van der Waals surface area contributed by atoms with E-state index in [9.17, 15) is 23.7 Å². The molecule has 0 radical (unpaired) electrons. The van der Waals surface area contributed by atoms with Gasteiger partial charge in [-0.15, -0.1) is 0 Å². The van der Waals surface area contributed by atoms with Crippen molar-refractivity contribution in [3.8, 4) is 56.9 Å². The van der Waals surface area contributed by atoms with Gasteiger partial charge in [0.2, 0.25) is 0 Å². The van der Waals surface area contributed by atoms with E-state index < -0.39 is 11.7 Å². The van der Waals surface area contributed by atoms with Gasteiger partial charge in [0.15, 0.2) is 0 Å². The molecular weight excluding hydrogens is 750 g/mol. The van der Waals surface area contributed by atoms with Crippen molar-refractivity contribution in [2.75, 3.05) is 0 Å². The van der Waals surface area contributed by atoms with Gasteiger partial charge >= 0.3 is 6.18 Å². The van der Waals surface area contributed by atoms with Crippen LogP contribution >= 0.6 is 0 Å². The molecule has 7 heteroatoms. The van der Waals surface area contributed by atoms with Crippen LogP contribution in [-0.2, 0) is 6.18 Å². The van der Waals surface area contributed by atoms with Crippen molar-refractivity contribution in [2.24, 2.45) is 0 Å². The molecule has 0 N–H and O–H groups in total. The third-order valence-electron chi connectivity index (χ3n) is 11.5. The Kier molecular flexibility index (Phi) is 8.45. The molecule has 2 aromatic heterocycles. The minimum absolute atomic E-state index is 0.131. The molecule has 10 aromatic rings. The molecule has 0 saturated carbocycles. The number of rotatable bonds is 5. The maximum Gasteiger partial charge on any atom is 0.416 e. The van der Waals surface area contributed by atoms with Crippen LogP contribution in [0.1, 0.15) is 27.8 Å². The van der Waals surface area contributed by atoms with E-state index in [1.54, 1.807) is 12.1 Å². The highest BCUT2D eigenvalue weighted by Crippen LogP contribution is 2.45. The predicted octanol–water partition coefficient (Wildman–Crippen LogP) is 14.3. The van der Waals surface area contributed by atoms with Gasteiger partial charge < -0.3 is 9.13 Å². The van der Waals surface area contributed by atoms with Crippen LogP contribution in [0.25, 0.3) is 88.4 Å². The van der Waals surface area contributed by atoms with Gasteiger partial charge in [-0.05, 0) is 96.3 Å². The van der Waals surface area contributed by atoms with Gasteiger partial charge in [-0.25, -0.2) is 0 Å². The number of alkyl halides is 3. The Balaban J connectivity index is 1.39. The Hall–Kier alpha value is -7.87. The van der Waals surface area contributed by atoms with Gasteiger partial charge in [-0.3, -0.25) is 0 Å². The van der Waals surface area contributed by atoms with Crippen molar-refractivity contribution in [1.82, 2.24) is 9.13 Å². The first-order valence-electron chi connectivity index (χ1n) is 19.5. The molecular formula is C53H33F3N4. The summed E-state index contributed by atoms with van der Waals surface area (Å²) in [6.45, 7) is 4.08. The lowest BCUT2D eigenvalue weighted by atomic mass is 9.94. The molecule has 0 spiro atoms. The number of aromatic nitrogens is 2. The highest BCUT2D eigenvalue weighted by Gasteiger charge is 2.33. The van der Waals surface area contributed by atoms with Gasteiger partial charge in [0.05, 0.1) is 62.3 Å². The highest BCUT2D eigenvalue weighted by atomic mass is 19.4. The zero-order valence-corrected chi connectivity index (χ0v) is 32.5. The predicted molar refractivity (Wildman–Crippen MR) is 235 cm³/mol. The molecule has 10 rings (SSSR count). The molecule has 0 aliphatic heterocycles. The Labute approximate surface area is 343 Å². The van der Waals surface area contributed by atoms with Crippen LogP contribution in [0, 0.1) is 36.5 Å². The van der Waals surface area contributed by atoms with E-state index in [1.165, 1.54) is 6.07 Å². The largest absolute Gasteiger partial charge is 0.416 e. The number of nitrogens with zero attached hydrogens (tertiary/aromatic N) is 4. The van der Waals surface area contributed by atoms with Crippen LogP contribution in [-0.4, -0.2) is 9.13 Å². The first-order chi connectivity index (χ1) is 29.1. The summed E-state index contributed by atoms with van der Waals surface area (Å²) in [5.41, 5.74) is 10.3. The highest BCUT2D eigenvalue weighted by molar-refractivity contribution is 6.13. The van der Waals surface area contributed by atoms with E-state index >= 15 is 0 Å². The van der Waals surface area contributed by atoms with Gasteiger partial charge in [-0.2, -0.15) is 23.7 Å². The second-order valence-corrected chi connectivity index (χ2v) is 15.3. The lowest BCUT2D eigenvalue weighted by Gasteiger charge is -2.22. The van der Waals surface area contributed by atoms with Crippen molar-refractivity contribution < 1.29 is 13.2 Å². The Morgan fingerprint density at radius 2 is 0.833 bits per heavy atom. The lowest BCUT2D eigenvalue weighted by Crippen LogP contribution is -2.08. The van der Waals surface area contributed by atoms with Crippen LogP contribution in [0.2, 0.25) is 0 Å². The monoisotopic (exact) mass is 782 g/mol. The van der Waals surface area contributed by atoms with Crippen LogP contribution < -0.4 is 0 Å². The number of para-hydroxylation sites is 2. The fraction of sp³-hybridized carbons (Fsp3) is 0.0566. The molecule has 0 bridgehead atoms. The van der Waals surface area contributed by atoms with Crippen LogP contribution in [0.3, 0.4) is 0 Å². The van der Waals surface area contributed by atoms with Crippen molar-refractivity contribution in [1.29, 1.82) is 10.5 Å². The number of aryl methyl sites for hydroxylation is 2. The molecule has 286 valence electrons. The van der Waals surface area contributed by atoms with Crippen molar-refractivity contribution in [2.45, 2.75) is 20.0 Å². The number of nitriles is 2. The van der Waals surface area contributed by atoms with Crippen molar-refractivity contribution in [3.05, 3.63) is 192 Å². The van der Waals surface area contributed by atoms with Gasteiger partial charge in [0.25, 0.3) is 0 Å². The summed E-state index contributed by atoms with van der Waals surface area (Å²) in [6.07, 6.45) is -4.74. The average molecular weight is 783 g/mol. The summed E-state index contributed by atoms with van der Waals surface area (Å²) in [5, 5.41) is 24.8. The molecule has 0 unspecified atom stereocenters. The summed E-state index contributed by atoms with van der Waals surface area (Å²) in [7, 11) is 0. The van der Waals surface area contributed by atoms with E-state index in [0.29, 0.717) is 22.5 Å². The minimum atomic E-state index is -4.74. The van der Waals surface area contributed by atoms with E-state index in [0.717, 1.165) is 89.1 Å². The van der Waals surface area contributed by atoms with Crippen molar-refractivity contribution in [3.63, 3.8) is 0 Å². The third-order valence-corrected chi connectivity index (χ3v) is 11.5. The molecule has 0 amide bonds. The van der Waals surface area contributed by atoms with E-state index in [4.69, 9.17) is 0 Å². The van der Waals surface area contributed by atoms with Gasteiger partial charge in [0.1, 0.15) is 0 Å². The second kappa shape index (κ2) is 13.9. The zero-order chi connectivity index (χ0) is 41.3. The van der Waals surface area contributed by atoms with Gasteiger partial charge in [0, 0.05) is 27.1 Å². The first-order valence-corrected chi connectivity index (χ1v) is 19.5. The molecule has 0 atom stereocenters. The van der Waals surface area contributed by atoms with E-state index in [2.05, 4.69) is 100 Å². The molecule has 4 nitrogen and oxygen atoms in total. The minimum Gasteiger partial charge on any atom is -0.308 e. The summed E-state index contributed by atoms with van der Waals surface area (Å²) in [5.74, 6) is 0. The third kappa shape index (κ3) is 5.99. The number of hydrogen-bond acceptors (Lipinski definition) is 2. The number of hydrogen-bond donors (Lipinski definition) is 0. The van der Waals surface area contributed by atoms with Crippen LogP contribution in [0.5, 0.6) is 0 Å². The number of fused-ring (bicyclic) bond motifs is 6. The maximum atomic E-state index is 14.8. The normalized spacial score (nSPS) is 11.7. The van der Waals surface area contributed by atoms with Crippen molar-refractivity contribution >= 4 is 43.6 Å². The SMILES string of the molecule is Cc1ccc(-c2ccc3c4ccccc4n(-c4cc(C#N)cc(-n5c6ccccc6c6ccc(-c7ccc(C)cc7)cc65)c4-c4cc(C#N)cc(C(F)(F)F)c4)c3c2)cc1. The summed E-state index contributed by atoms with van der Waals surface area (Å²) in [4.78, 5) is 0. The Bertz CT molecular complexity index is 3260. The zero-order valence-electron chi connectivity index (χ0n) is 32.5. The summed E-state index contributed by atoms with van der Waals surface area (Å²) < 4.78 is 48.5. The molecule has 0 fully saturated rings. The van der Waals surface area contributed by atoms with Crippen LogP contribution in [0.4, 0.5) is 13.2 Å². The van der Waals surface area contributed by atoms with Crippen LogP contribution in [0.15, 0.2) is 164 Å². The average Bonchev–Trinajstić information content (AvgIpc) is 3.78. The number of halogens is 3. The van der Waals surface area contributed by atoms with E-state index in [-0.39, 0.29) is 11.1 Å². The Morgan fingerprint density at radius 1 is 0.417 bits per heavy atom. The number of benzene rings is 8. The molecule has 8 aromatic carbocycles. The Morgan fingerprint density at radius 3 is 1.28 bits per heavy atom. The summed E-state index contributed by atoms with van der Waals surface area (Å²) >= 11 is 0. The molecule has 0 aliphatic carbocycles. The fourth-order valence-corrected chi connectivity index (χ4v) is 8.64. The fourth-order valence-electron chi connectivity index (χ4n) is 8.64. The molecule has 60 heavy (non-hydrogen) atoms. The standard InChI is InChI=1S/C53H33F3N4/c1-32-11-15-36(16-12-32)38-19-21-44-42-7-3-5-9-46(42)59(48(44)28-38)50-25-35(31-58)26-51(52(50)40-23-34(30-57)24-41(27-40)53(54,55)56)60-47-10-6-4-8-43(47)45-22-20-39(29-49(45)60)37-17-13-33(2)14-18-37/h3-29H,1-2H3. The molecule has 0 aliphatic rings. The summed E-state index contributed by atoms with van der Waals surface area (Å²) in [6, 6.07) is 56.3. The smallest absolute Gasteiger partial charge is 0.308 e. The second-order valence-electron chi connectivity index (χ2n) is 15.3. The quantitative estimate of drug-likeness (QED) is 0.175. The molecule has 2 heterocycles. The first kappa shape index (κ1) is 36.5. The topological polar surface area (TPSA) is 57.4 Å².